The molecule has 0 saturated heterocycles. The molecule has 1 rings (SSSR count). The summed E-state index contributed by atoms with van der Waals surface area (Å²) in [5.74, 6) is 0. The number of aryl methyl sites for hydroxylation is 1. The molecule has 0 fully saturated rings. The summed E-state index contributed by atoms with van der Waals surface area (Å²) in [4.78, 5) is 11.2. The lowest BCUT2D eigenvalue weighted by atomic mass is 9.98. The maximum absolute atomic E-state index is 11.2. The van der Waals surface area contributed by atoms with Gasteiger partial charge in [-0.25, -0.2) is 0 Å². The second-order valence-corrected chi connectivity index (χ2v) is 3.64. The van der Waals surface area contributed by atoms with Gasteiger partial charge in [-0.15, -0.1) is 0 Å². The van der Waals surface area contributed by atoms with Crippen molar-refractivity contribution in [3.05, 3.63) is 34.9 Å². The summed E-state index contributed by atoms with van der Waals surface area (Å²) in [6, 6.07) is 5.89. The van der Waals surface area contributed by atoms with E-state index in [0.29, 0.717) is 0 Å². The molecule has 0 aromatic heterocycles. The molecule has 0 unspecified atom stereocenters. The fraction of sp³-hybridized carbons (Fsp3) is 0.364. The van der Waals surface area contributed by atoms with Gasteiger partial charge in [0.05, 0.1) is 0 Å². The van der Waals surface area contributed by atoms with Crippen molar-refractivity contribution in [1.82, 2.24) is 0 Å². The van der Waals surface area contributed by atoms with Gasteiger partial charge in [-0.1, -0.05) is 32.0 Å². The van der Waals surface area contributed by atoms with E-state index in [1.165, 1.54) is 11.1 Å². The van der Waals surface area contributed by atoms with E-state index >= 15 is 0 Å². The summed E-state index contributed by atoms with van der Waals surface area (Å²) in [7, 11) is 0. The molecule has 0 aliphatic rings. The first-order chi connectivity index (χ1) is 6.20. The average molecular weight is 241 g/mol. The van der Waals surface area contributed by atoms with Gasteiger partial charge in [-0.2, -0.15) is 0 Å². The van der Waals surface area contributed by atoms with Crippen LogP contribution < -0.4 is 0 Å². The first kappa shape index (κ1) is 10.5. The van der Waals surface area contributed by atoms with Crippen LogP contribution in [-0.4, -0.2) is 4.69 Å². The average Bonchev–Trinajstić information content (AvgIpc) is 2.16. The van der Waals surface area contributed by atoms with E-state index in [4.69, 9.17) is 0 Å². The minimum atomic E-state index is -0.0142. The van der Waals surface area contributed by atoms with Crippen molar-refractivity contribution in [2.24, 2.45) is 0 Å². The van der Waals surface area contributed by atoms with Gasteiger partial charge in [0.25, 0.3) is 0 Å². The van der Waals surface area contributed by atoms with Crippen LogP contribution in [0.3, 0.4) is 0 Å². The standard InChI is InChI=1S/C11H13BrO/c1-3-8-6-5-7-10(11(12)13)9(8)4-2/h5-7H,3-4H2,1-2H3. The highest BCUT2D eigenvalue weighted by Crippen LogP contribution is 2.18. The minimum absolute atomic E-state index is 0.0142. The van der Waals surface area contributed by atoms with Gasteiger partial charge in [0.2, 0.25) is 4.69 Å². The predicted molar refractivity (Wildman–Crippen MR) is 58.5 cm³/mol. The first-order valence-corrected chi connectivity index (χ1v) is 5.30. The van der Waals surface area contributed by atoms with E-state index < -0.39 is 0 Å². The fourth-order valence-corrected chi connectivity index (χ4v) is 1.94. The van der Waals surface area contributed by atoms with Crippen LogP contribution in [0, 0.1) is 0 Å². The zero-order chi connectivity index (χ0) is 9.84. The second-order valence-electron chi connectivity index (χ2n) is 2.92. The Morgan fingerprint density at radius 2 is 2.00 bits per heavy atom. The molecule has 0 atom stereocenters. The van der Waals surface area contributed by atoms with Crippen LogP contribution in [0.1, 0.15) is 35.3 Å². The van der Waals surface area contributed by atoms with Gasteiger partial charge in [0, 0.05) is 5.56 Å². The molecule has 13 heavy (non-hydrogen) atoms. The zero-order valence-electron chi connectivity index (χ0n) is 7.93. The smallest absolute Gasteiger partial charge is 0.228 e. The Morgan fingerprint density at radius 3 is 2.46 bits per heavy atom. The summed E-state index contributed by atoms with van der Waals surface area (Å²) >= 11 is 3.00. The molecule has 70 valence electrons. The Hall–Kier alpha value is -0.630. The van der Waals surface area contributed by atoms with Gasteiger partial charge < -0.3 is 0 Å². The number of hydrogen-bond donors (Lipinski definition) is 0. The number of carbonyl (C=O) groups excluding carboxylic acids is 1. The molecule has 1 aromatic carbocycles. The lowest BCUT2D eigenvalue weighted by Gasteiger charge is -2.08. The quantitative estimate of drug-likeness (QED) is 0.741. The van der Waals surface area contributed by atoms with Gasteiger partial charge in [0.1, 0.15) is 0 Å². The van der Waals surface area contributed by atoms with Crippen molar-refractivity contribution in [2.45, 2.75) is 26.7 Å². The molecule has 0 aliphatic heterocycles. The SMILES string of the molecule is CCc1cccc(C(=O)Br)c1CC. The van der Waals surface area contributed by atoms with Crippen molar-refractivity contribution in [3.63, 3.8) is 0 Å². The highest BCUT2D eigenvalue weighted by Gasteiger charge is 2.09. The molecular weight excluding hydrogens is 228 g/mol. The van der Waals surface area contributed by atoms with Crippen LogP contribution in [0.5, 0.6) is 0 Å². The van der Waals surface area contributed by atoms with Crippen LogP contribution in [0.25, 0.3) is 0 Å². The van der Waals surface area contributed by atoms with Gasteiger partial charge in [-0.3, -0.25) is 4.79 Å². The summed E-state index contributed by atoms with van der Waals surface area (Å²) < 4.78 is -0.0142. The predicted octanol–water partition coefficient (Wildman–Crippen LogP) is 3.35. The molecule has 0 aliphatic carbocycles. The maximum Gasteiger partial charge on any atom is 0.228 e. The topological polar surface area (TPSA) is 17.1 Å². The Kier molecular flexibility index (Phi) is 3.67. The third-order valence-electron chi connectivity index (χ3n) is 2.22. The fourth-order valence-electron chi connectivity index (χ4n) is 1.57. The molecule has 0 radical (unpaired) electrons. The lowest BCUT2D eigenvalue weighted by Crippen LogP contribution is -2.00. The number of halogens is 1. The molecule has 0 saturated carbocycles. The molecule has 1 nitrogen and oxygen atoms in total. The molecular formula is C11H13BrO. The molecule has 0 spiro atoms. The Balaban J connectivity index is 3.27. The Bertz CT molecular complexity index is 318. The van der Waals surface area contributed by atoms with Gasteiger partial charge in [0.15, 0.2) is 0 Å². The molecule has 0 N–H and O–H groups in total. The van der Waals surface area contributed by atoms with E-state index in [1.807, 2.05) is 12.1 Å². The Morgan fingerprint density at radius 1 is 1.31 bits per heavy atom. The van der Waals surface area contributed by atoms with Crippen molar-refractivity contribution in [1.29, 1.82) is 0 Å². The highest BCUT2D eigenvalue weighted by molar-refractivity contribution is 9.18. The third-order valence-corrected chi connectivity index (χ3v) is 2.65. The maximum atomic E-state index is 11.2. The van der Waals surface area contributed by atoms with Crippen LogP contribution >= 0.6 is 15.9 Å². The lowest BCUT2D eigenvalue weighted by molar-refractivity contribution is 0.109. The molecule has 0 bridgehead atoms. The monoisotopic (exact) mass is 240 g/mol. The van der Waals surface area contributed by atoms with Gasteiger partial charge in [-0.05, 0) is 39.9 Å². The summed E-state index contributed by atoms with van der Waals surface area (Å²) in [5, 5.41) is 0. The van der Waals surface area contributed by atoms with E-state index in [2.05, 4.69) is 35.8 Å². The largest absolute Gasteiger partial charge is 0.281 e. The van der Waals surface area contributed by atoms with Crippen LogP contribution in [0.2, 0.25) is 0 Å². The van der Waals surface area contributed by atoms with E-state index in [0.717, 1.165) is 18.4 Å². The molecule has 2 heteroatoms. The van der Waals surface area contributed by atoms with Crippen LogP contribution in [0.15, 0.2) is 18.2 Å². The van der Waals surface area contributed by atoms with Crippen molar-refractivity contribution in [2.75, 3.05) is 0 Å². The normalized spacial score (nSPS) is 10.1. The van der Waals surface area contributed by atoms with Crippen LogP contribution in [-0.2, 0) is 12.8 Å². The molecule has 0 heterocycles. The first-order valence-electron chi connectivity index (χ1n) is 4.51. The Labute approximate surface area is 87.3 Å². The summed E-state index contributed by atoms with van der Waals surface area (Å²) in [6.45, 7) is 4.19. The number of carbonyl (C=O) groups is 1. The molecule has 1 aromatic rings. The third kappa shape index (κ3) is 2.19. The highest BCUT2D eigenvalue weighted by atomic mass is 79.9. The minimum Gasteiger partial charge on any atom is -0.281 e. The number of benzene rings is 1. The number of hydrogen-bond acceptors (Lipinski definition) is 1. The van der Waals surface area contributed by atoms with E-state index in [1.54, 1.807) is 0 Å². The summed E-state index contributed by atoms with van der Waals surface area (Å²) in [6.07, 6.45) is 1.90. The van der Waals surface area contributed by atoms with Crippen molar-refractivity contribution >= 4 is 20.6 Å². The van der Waals surface area contributed by atoms with Gasteiger partial charge >= 0.3 is 0 Å². The van der Waals surface area contributed by atoms with Crippen molar-refractivity contribution < 1.29 is 4.79 Å². The van der Waals surface area contributed by atoms with E-state index in [9.17, 15) is 4.79 Å². The summed E-state index contributed by atoms with van der Waals surface area (Å²) in [5.41, 5.74) is 3.25. The zero-order valence-corrected chi connectivity index (χ0v) is 9.52. The van der Waals surface area contributed by atoms with Crippen molar-refractivity contribution in [3.8, 4) is 0 Å². The van der Waals surface area contributed by atoms with Crippen LogP contribution in [0.4, 0.5) is 0 Å². The second kappa shape index (κ2) is 4.56. The molecule has 0 amide bonds. The van der Waals surface area contributed by atoms with E-state index in [-0.39, 0.29) is 4.69 Å². The number of rotatable bonds is 3.